The molecule has 0 aliphatic heterocycles. The normalized spacial score (nSPS) is 10.9. The van der Waals surface area contributed by atoms with Crippen LogP contribution in [0.4, 0.5) is 0 Å². The molecule has 27 heavy (non-hydrogen) atoms. The second-order valence-electron chi connectivity index (χ2n) is 5.60. The Bertz CT molecular complexity index is 692. The Hall–Kier alpha value is -2.04. The molecule has 8 nitrogen and oxygen atoms in total. The number of guanidine groups is 1. The van der Waals surface area contributed by atoms with E-state index in [4.69, 9.17) is 9.47 Å². The number of rotatable bonds is 10. The lowest BCUT2D eigenvalue weighted by Gasteiger charge is -2.13. The van der Waals surface area contributed by atoms with Gasteiger partial charge < -0.3 is 24.7 Å². The molecule has 2 aromatic rings. The number of aromatic nitrogens is 3. The lowest BCUT2D eigenvalue weighted by Crippen LogP contribution is -2.39. The van der Waals surface area contributed by atoms with Gasteiger partial charge in [0, 0.05) is 39.2 Å². The van der Waals surface area contributed by atoms with Crippen molar-refractivity contribution in [1.29, 1.82) is 0 Å². The lowest BCUT2D eigenvalue weighted by molar-refractivity contribution is 0.308. The summed E-state index contributed by atoms with van der Waals surface area (Å²) in [5, 5.41) is 14.6. The summed E-state index contributed by atoms with van der Waals surface area (Å²) in [6, 6.07) is 7.61. The van der Waals surface area contributed by atoms with E-state index < -0.39 is 0 Å². The number of hydrogen-bond acceptors (Lipinski definition) is 5. The molecule has 0 amide bonds. The average Bonchev–Trinajstić information content (AvgIpc) is 3.14. The zero-order chi connectivity index (χ0) is 18.6. The highest BCUT2D eigenvalue weighted by atomic mass is 127. The van der Waals surface area contributed by atoms with Gasteiger partial charge in [-0.05, 0) is 18.6 Å². The van der Waals surface area contributed by atoms with Crippen LogP contribution in [0.5, 0.6) is 11.5 Å². The van der Waals surface area contributed by atoms with Crippen molar-refractivity contribution in [3.8, 4) is 11.5 Å². The molecule has 0 bridgehead atoms. The monoisotopic (exact) mass is 488 g/mol. The van der Waals surface area contributed by atoms with Crippen LogP contribution < -0.4 is 20.1 Å². The van der Waals surface area contributed by atoms with Crippen molar-refractivity contribution in [3.05, 3.63) is 36.4 Å². The summed E-state index contributed by atoms with van der Waals surface area (Å²) in [6.07, 6.45) is 3.50. The summed E-state index contributed by atoms with van der Waals surface area (Å²) in [7, 11) is 3.41. The van der Waals surface area contributed by atoms with Crippen LogP contribution >= 0.6 is 24.0 Å². The van der Waals surface area contributed by atoms with Gasteiger partial charge in [0.1, 0.15) is 23.7 Å². The van der Waals surface area contributed by atoms with Crippen molar-refractivity contribution in [1.82, 2.24) is 25.4 Å². The first-order valence-electron chi connectivity index (χ1n) is 8.84. The predicted molar refractivity (Wildman–Crippen MR) is 117 cm³/mol. The number of ether oxygens (including phenoxy) is 2. The third-order valence-electron chi connectivity index (χ3n) is 3.80. The fraction of sp³-hybridized carbons (Fsp3) is 0.500. The highest BCUT2D eigenvalue weighted by Crippen LogP contribution is 2.18. The molecule has 150 valence electrons. The molecule has 1 aromatic heterocycles. The van der Waals surface area contributed by atoms with Crippen LogP contribution in [0.15, 0.2) is 35.6 Å². The SMILES string of the molecule is CCc1nncn1CCNC(=NC)NCCCOc1cccc(OC)c1.I. The number of methoxy groups -OCH3 is 1. The predicted octanol–water partition coefficient (Wildman–Crippen LogP) is 2.10. The minimum Gasteiger partial charge on any atom is -0.497 e. The van der Waals surface area contributed by atoms with E-state index in [0.29, 0.717) is 6.61 Å². The van der Waals surface area contributed by atoms with Gasteiger partial charge in [0.2, 0.25) is 0 Å². The zero-order valence-corrected chi connectivity index (χ0v) is 18.5. The molecular weight excluding hydrogens is 459 g/mol. The number of benzene rings is 1. The van der Waals surface area contributed by atoms with Crippen LogP contribution in [-0.4, -0.2) is 54.6 Å². The third-order valence-corrected chi connectivity index (χ3v) is 3.80. The van der Waals surface area contributed by atoms with Crippen LogP contribution in [0.3, 0.4) is 0 Å². The van der Waals surface area contributed by atoms with Gasteiger partial charge in [0.15, 0.2) is 5.96 Å². The fourth-order valence-electron chi connectivity index (χ4n) is 2.41. The average molecular weight is 488 g/mol. The number of nitrogens with zero attached hydrogens (tertiary/aromatic N) is 4. The Morgan fingerprint density at radius 1 is 1.22 bits per heavy atom. The Kier molecular flexibility index (Phi) is 11.2. The molecule has 0 saturated carbocycles. The summed E-state index contributed by atoms with van der Waals surface area (Å²) in [4.78, 5) is 4.22. The van der Waals surface area contributed by atoms with Crippen LogP contribution in [0, 0.1) is 0 Å². The second-order valence-corrected chi connectivity index (χ2v) is 5.60. The smallest absolute Gasteiger partial charge is 0.191 e. The summed E-state index contributed by atoms with van der Waals surface area (Å²) in [6.45, 7) is 5.02. The van der Waals surface area contributed by atoms with Crippen LogP contribution in [-0.2, 0) is 13.0 Å². The van der Waals surface area contributed by atoms with Crippen molar-refractivity contribution in [2.24, 2.45) is 4.99 Å². The molecule has 0 atom stereocenters. The van der Waals surface area contributed by atoms with E-state index in [-0.39, 0.29) is 24.0 Å². The summed E-state index contributed by atoms with van der Waals surface area (Å²) < 4.78 is 12.9. The molecule has 0 aliphatic rings. The minimum atomic E-state index is 0. The van der Waals surface area contributed by atoms with Crippen molar-refractivity contribution < 1.29 is 9.47 Å². The Morgan fingerprint density at radius 3 is 2.74 bits per heavy atom. The molecule has 9 heteroatoms. The molecular formula is C18H29IN6O2. The highest BCUT2D eigenvalue weighted by Gasteiger charge is 2.02. The number of halogens is 1. The fourth-order valence-corrected chi connectivity index (χ4v) is 2.41. The Labute approximate surface area is 177 Å². The number of nitrogens with one attached hydrogen (secondary N) is 2. The summed E-state index contributed by atoms with van der Waals surface area (Å²) in [5.41, 5.74) is 0. The third kappa shape index (κ3) is 8.02. The molecule has 0 aliphatic carbocycles. The quantitative estimate of drug-likeness (QED) is 0.231. The molecule has 2 rings (SSSR count). The van der Waals surface area contributed by atoms with Gasteiger partial charge in [-0.25, -0.2) is 0 Å². The van der Waals surface area contributed by atoms with E-state index in [9.17, 15) is 0 Å². The molecule has 0 unspecified atom stereocenters. The molecule has 0 spiro atoms. The van der Waals surface area contributed by atoms with Gasteiger partial charge >= 0.3 is 0 Å². The van der Waals surface area contributed by atoms with Gasteiger partial charge in [-0.2, -0.15) is 0 Å². The van der Waals surface area contributed by atoms with Crippen molar-refractivity contribution in [3.63, 3.8) is 0 Å². The largest absolute Gasteiger partial charge is 0.497 e. The molecule has 0 radical (unpaired) electrons. The maximum atomic E-state index is 5.72. The van der Waals surface area contributed by atoms with Gasteiger partial charge in [0.25, 0.3) is 0 Å². The maximum absolute atomic E-state index is 5.72. The number of aryl methyl sites for hydroxylation is 1. The van der Waals surface area contributed by atoms with E-state index >= 15 is 0 Å². The summed E-state index contributed by atoms with van der Waals surface area (Å²) >= 11 is 0. The van der Waals surface area contributed by atoms with Crippen LogP contribution in [0.1, 0.15) is 19.2 Å². The minimum absolute atomic E-state index is 0. The second kappa shape index (κ2) is 13.2. The van der Waals surface area contributed by atoms with Crippen molar-refractivity contribution in [2.75, 3.05) is 33.9 Å². The standard InChI is InChI=1S/C18H28N6O2.HI/c1-4-17-23-22-14-24(17)11-10-21-18(19-2)20-9-6-12-26-16-8-5-7-15(13-16)25-3;/h5,7-8,13-14H,4,6,9-12H2,1-3H3,(H2,19,20,21);1H. The Morgan fingerprint density at radius 2 is 2.00 bits per heavy atom. The van der Waals surface area contributed by atoms with E-state index in [0.717, 1.165) is 55.8 Å². The number of hydrogen-bond donors (Lipinski definition) is 2. The van der Waals surface area contributed by atoms with Crippen LogP contribution in [0.2, 0.25) is 0 Å². The van der Waals surface area contributed by atoms with E-state index in [2.05, 4.69) is 32.7 Å². The van der Waals surface area contributed by atoms with E-state index in [1.54, 1.807) is 20.5 Å². The van der Waals surface area contributed by atoms with E-state index in [1.165, 1.54) is 0 Å². The van der Waals surface area contributed by atoms with Gasteiger partial charge in [-0.1, -0.05) is 13.0 Å². The van der Waals surface area contributed by atoms with E-state index in [1.807, 2.05) is 28.8 Å². The molecule has 0 saturated heterocycles. The van der Waals surface area contributed by atoms with Gasteiger partial charge in [0.05, 0.1) is 13.7 Å². The highest BCUT2D eigenvalue weighted by molar-refractivity contribution is 14.0. The van der Waals surface area contributed by atoms with Crippen molar-refractivity contribution >= 4 is 29.9 Å². The summed E-state index contributed by atoms with van der Waals surface area (Å²) in [5.74, 6) is 3.37. The first-order chi connectivity index (χ1) is 12.8. The zero-order valence-electron chi connectivity index (χ0n) is 16.1. The number of aliphatic imine (C=N–C) groups is 1. The van der Waals surface area contributed by atoms with Gasteiger partial charge in [-0.15, -0.1) is 34.2 Å². The lowest BCUT2D eigenvalue weighted by atomic mass is 10.3. The maximum Gasteiger partial charge on any atom is 0.191 e. The van der Waals surface area contributed by atoms with Crippen LogP contribution in [0.25, 0.3) is 0 Å². The first-order valence-corrected chi connectivity index (χ1v) is 8.84. The molecule has 1 heterocycles. The molecule has 2 N–H and O–H groups in total. The molecule has 0 fully saturated rings. The van der Waals surface area contributed by atoms with Crippen molar-refractivity contribution in [2.45, 2.75) is 26.3 Å². The topological polar surface area (TPSA) is 85.6 Å². The van der Waals surface area contributed by atoms with Gasteiger partial charge in [-0.3, -0.25) is 4.99 Å². The Balaban J connectivity index is 0.00000364. The first kappa shape index (κ1) is 23.0. The molecule has 1 aromatic carbocycles.